The summed E-state index contributed by atoms with van der Waals surface area (Å²) in [5, 5.41) is 0. The summed E-state index contributed by atoms with van der Waals surface area (Å²) in [5.74, 6) is 1.56. The van der Waals surface area contributed by atoms with Gasteiger partial charge in [0.25, 0.3) is 5.91 Å². The minimum absolute atomic E-state index is 0.00396. The van der Waals surface area contributed by atoms with E-state index in [1.54, 1.807) is 12.4 Å². The second kappa shape index (κ2) is 8.47. The zero-order chi connectivity index (χ0) is 19.3. The van der Waals surface area contributed by atoms with Crippen LogP contribution in [0, 0.1) is 0 Å². The van der Waals surface area contributed by atoms with E-state index >= 15 is 0 Å². The Bertz CT molecular complexity index is 786. The van der Waals surface area contributed by atoms with Gasteiger partial charge in [0.15, 0.2) is 0 Å². The molecule has 0 radical (unpaired) electrons. The van der Waals surface area contributed by atoms with Crippen molar-refractivity contribution in [3.05, 3.63) is 36.5 Å². The van der Waals surface area contributed by atoms with E-state index in [2.05, 4.69) is 41.6 Å². The Morgan fingerprint density at radius 3 is 2.25 bits per heavy atom. The second-order valence-electron chi connectivity index (χ2n) is 7.01. The minimum Gasteiger partial charge on any atom is -0.353 e. The molecule has 0 spiro atoms. The van der Waals surface area contributed by atoms with Crippen LogP contribution in [0.3, 0.4) is 0 Å². The lowest BCUT2D eigenvalue weighted by molar-refractivity contribution is 0.0637. The van der Waals surface area contributed by atoms with Crippen LogP contribution >= 0.6 is 0 Å². The van der Waals surface area contributed by atoms with Crippen molar-refractivity contribution in [1.29, 1.82) is 0 Å². The third-order valence-corrected chi connectivity index (χ3v) is 5.42. The maximum atomic E-state index is 12.8. The zero-order valence-corrected chi connectivity index (χ0v) is 16.2. The highest BCUT2D eigenvalue weighted by Gasteiger charge is 2.24. The van der Waals surface area contributed by atoms with Crippen LogP contribution in [0.2, 0.25) is 0 Å². The number of hydrogen-bond acceptors (Lipinski definition) is 8. The number of carbonyl (C=O) groups excluding carboxylic acids is 1. The molecule has 0 bridgehead atoms. The molecule has 2 aromatic heterocycles. The van der Waals surface area contributed by atoms with Crippen molar-refractivity contribution >= 4 is 17.7 Å². The summed E-state index contributed by atoms with van der Waals surface area (Å²) in [6.07, 6.45) is 5.02. The van der Waals surface area contributed by atoms with E-state index in [0.29, 0.717) is 5.69 Å². The van der Waals surface area contributed by atoms with Gasteiger partial charge in [-0.05, 0) is 12.6 Å². The summed E-state index contributed by atoms with van der Waals surface area (Å²) in [5.41, 5.74) is 0.476. The fourth-order valence-corrected chi connectivity index (χ4v) is 3.66. The average Bonchev–Trinajstić information content (AvgIpc) is 2.79. The molecule has 0 aromatic carbocycles. The van der Waals surface area contributed by atoms with Crippen molar-refractivity contribution in [2.75, 3.05) is 68.7 Å². The number of anilines is 2. The van der Waals surface area contributed by atoms with Gasteiger partial charge in [0.2, 0.25) is 5.95 Å². The molecule has 2 fully saturated rings. The van der Waals surface area contributed by atoms with Gasteiger partial charge in [-0.1, -0.05) is 6.92 Å². The Morgan fingerprint density at radius 2 is 1.57 bits per heavy atom. The fourth-order valence-electron chi connectivity index (χ4n) is 3.66. The highest BCUT2D eigenvalue weighted by Crippen LogP contribution is 2.17. The Balaban J connectivity index is 1.38. The molecule has 9 nitrogen and oxygen atoms in total. The van der Waals surface area contributed by atoms with Crippen LogP contribution in [0.1, 0.15) is 17.4 Å². The van der Waals surface area contributed by atoms with Gasteiger partial charge in [-0.2, -0.15) is 0 Å². The van der Waals surface area contributed by atoms with Crippen molar-refractivity contribution in [2.45, 2.75) is 6.92 Å². The normalized spacial score (nSPS) is 18.4. The molecule has 0 saturated carbocycles. The molecule has 0 N–H and O–H groups in total. The maximum Gasteiger partial charge on any atom is 0.272 e. The van der Waals surface area contributed by atoms with Gasteiger partial charge >= 0.3 is 0 Å². The molecule has 2 saturated heterocycles. The fraction of sp³-hybridized carbons (Fsp3) is 0.526. The summed E-state index contributed by atoms with van der Waals surface area (Å²) in [4.78, 5) is 38.7. The van der Waals surface area contributed by atoms with Gasteiger partial charge in [0.05, 0.1) is 0 Å². The predicted molar refractivity (Wildman–Crippen MR) is 107 cm³/mol. The third kappa shape index (κ3) is 4.04. The van der Waals surface area contributed by atoms with Crippen molar-refractivity contribution < 1.29 is 4.79 Å². The predicted octanol–water partition coefficient (Wildman–Crippen LogP) is 0.371. The van der Waals surface area contributed by atoms with Gasteiger partial charge in [0, 0.05) is 70.8 Å². The molecule has 1 amide bonds. The lowest BCUT2D eigenvalue weighted by atomic mass is 10.2. The molecule has 0 aliphatic carbocycles. The molecule has 2 aliphatic heterocycles. The monoisotopic (exact) mass is 382 g/mol. The van der Waals surface area contributed by atoms with Gasteiger partial charge < -0.3 is 19.6 Å². The second-order valence-corrected chi connectivity index (χ2v) is 7.01. The number of hydrogen-bond donors (Lipinski definition) is 0. The van der Waals surface area contributed by atoms with Crippen LogP contribution in [-0.4, -0.2) is 94.5 Å². The zero-order valence-electron chi connectivity index (χ0n) is 16.2. The van der Waals surface area contributed by atoms with E-state index in [0.717, 1.165) is 70.7 Å². The molecule has 2 aromatic rings. The molecular weight excluding hydrogens is 356 g/mol. The van der Waals surface area contributed by atoms with Crippen molar-refractivity contribution in [3.63, 3.8) is 0 Å². The first-order valence-corrected chi connectivity index (χ1v) is 9.85. The number of nitrogens with zero attached hydrogens (tertiary/aromatic N) is 8. The summed E-state index contributed by atoms with van der Waals surface area (Å²) < 4.78 is 0. The maximum absolute atomic E-state index is 12.8. The number of piperazine rings is 2. The number of amides is 1. The van der Waals surface area contributed by atoms with Crippen LogP contribution in [0.4, 0.5) is 11.8 Å². The summed E-state index contributed by atoms with van der Waals surface area (Å²) >= 11 is 0. The highest BCUT2D eigenvalue weighted by molar-refractivity contribution is 5.93. The van der Waals surface area contributed by atoms with Crippen LogP contribution < -0.4 is 9.80 Å². The van der Waals surface area contributed by atoms with Gasteiger partial charge in [0.1, 0.15) is 17.8 Å². The topological polar surface area (TPSA) is 81.6 Å². The van der Waals surface area contributed by atoms with Crippen molar-refractivity contribution in [1.82, 2.24) is 29.7 Å². The molecule has 4 heterocycles. The molecule has 0 unspecified atom stereocenters. The third-order valence-electron chi connectivity index (χ3n) is 5.42. The lowest BCUT2D eigenvalue weighted by Crippen LogP contribution is -2.49. The summed E-state index contributed by atoms with van der Waals surface area (Å²) in [7, 11) is 0. The number of aromatic nitrogens is 4. The highest BCUT2D eigenvalue weighted by atomic mass is 16.2. The van der Waals surface area contributed by atoms with E-state index in [9.17, 15) is 4.79 Å². The van der Waals surface area contributed by atoms with Gasteiger partial charge in [-0.15, -0.1) is 0 Å². The summed E-state index contributed by atoms with van der Waals surface area (Å²) in [6.45, 7) is 9.76. The SMILES string of the molecule is CCN1CCN(C(=O)c2cc(N3CCN(c4ncccn4)CC3)ncn2)CC1. The van der Waals surface area contributed by atoms with Crippen LogP contribution in [0.15, 0.2) is 30.9 Å². The standard InChI is InChI=1S/C19H26N8O/c1-2-24-6-8-26(9-7-24)18(28)16-14-17(23-15-22-16)25-10-12-27(13-11-25)19-20-4-3-5-21-19/h3-5,14-15H,2,6-13H2,1H3. The average molecular weight is 382 g/mol. The smallest absolute Gasteiger partial charge is 0.272 e. The first-order valence-electron chi connectivity index (χ1n) is 9.85. The largest absolute Gasteiger partial charge is 0.353 e. The first-order chi connectivity index (χ1) is 13.7. The van der Waals surface area contributed by atoms with E-state index in [4.69, 9.17) is 0 Å². The molecule has 2 aliphatic rings. The Labute approximate surface area is 165 Å². The van der Waals surface area contributed by atoms with Crippen LogP contribution in [0.5, 0.6) is 0 Å². The molecular formula is C19H26N8O. The van der Waals surface area contributed by atoms with Gasteiger partial charge in [-0.3, -0.25) is 4.79 Å². The quantitative estimate of drug-likeness (QED) is 0.750. The van der Waals surface area contributed by atoms with E-state index in [1.807, 2.05) is 17.0 Å². The van der Waals surface area contributed by atoms with Crippen LogP contribution in [0.25, 0.3) is 0 Å². The summed E-state index contributed by atoms with van der Waals surface area (Å²) in [6, 6.07) is 3.64. The van der Waals surface area contributed by atoms with Gasteiger partial charge in [-0.25, -0.2) is 19.9 Å². The molecule has 0 atom stereocenters. The number of rotatable bonds is 4. The molecule has 28 heavy (non-hydrogen) atoms. The molecule has 148 valence electrons. The Kier molecular flexibility index (Phi) is 5.61. The van der Waals surface area contributed by atoms with Crippen LogP contribution in [-0.2, 0) is 0 Å². The van der Waals surface area contributed by atoms with Crippen molar-refractivity contribution in [3.8, 4) is 0 Å². The van der Waals surface area contributed by atoms with E-state index in [1.165, 1.54) is 6.33 Å². The number of likely N-dealkylation sites (N-methyl/N-ethyl adjacent to an activating group) is 1. The van der Waals surface area contributed by atoms with E-state index in [-0.39, 0.29) is 5.91 Å². The Morgan fingerprint density at radius 1 is 0.893 bits per heavy atom. The first kappa shape index (κ1) is 18.5. The number of carbonyl (C=O) groups is 1. The minimum atomic E-state index is -0.00396. The molecule has 4 rings (SSSR count). The van der Waals surface area contributed by atoms with E-state index < -0.39 is 0 Å². The lowest BCUT2D eigenvalue weighted by Gasteiger charge is -2.35. The molecule has 9 heteroatoms. The van der Waals surface area contributed by atoms with Crippen molar-refractivity contribution in [2.24, 2.45) is 0 Å². The Hall–Kier alpha value is -2.81.